The van der Waals surface area contributed by atoms with Gasteiger partial charge in [-0.25, -0.2) is 4.79 Å². The molecule has 1 aliphatic rings. The fourth-order valence-corrected chi connectivity index (χ4v) is 1.05. The number of nitrogens with one attached hydrogen (secondary N) is 1. The molecule has 0 aromatic heterocycles. The average Bonchev–Trinajstić information content (AvgIpc) is 2.95. The number of rotatable bonds is 3. The largest absolute Gasteiger partial charge is 0.464 e. The molecule has 1 fully saturated rings. The molecular weight excluding hydrogens is 182 g/mol. The summed E-state index contributed by atoms with van der Waals surface area (Å²) >= 11 is 0. The molecule has 0 spiro atoms. The first-order chi connectivity index (χ1) is 6.56. The van der Waals surface area contributed by atoms with Gasteiger partial charge in [0.05, 0.1) is 7.11 Å². The number of allylic oxidation sites excluding steroid dienone is 1. The molecule has 0 radical (unpaired) electrons. The van der Waals surface area contributed by atoms with Gasteiger partial charge in [0.25, 0.3) is 0 Å². The Balaban J connectivity index is 2.65. The topological polar surface area (TPSA) is 55.4 Å². The first kappa shape index (κ1) is 10.8. The Labute approximate surface area is 83.3 Å². The van der Waals surface area contributed by atoms with E-state index in [0.29, 0.717) is 0 Å². The molecule has 0 aliphatic heterocycles. The number of carbonyl (C=O) groups excluding carboxylic acids is 2. The second-order valence-electron chi connectivity index (χ2n) is 3.63. The van der Waals surface area contributed by atoms with Crippen molar-refractivity contribution in [2.24, 2.45) is 5.92 Å². The number of esters is 1. The number of methoxy groups -OCH3 is 1. The van der Waals surface area contributed by atoms with Gasteiger partial charge in [0.1, 0.15) is 5.70 Å². The summed E-state index contributed by atoms with van der Waals surface area (Å²) < 4.78 is 4.56. The van der Waals surface area contributed by atoms with Crippen molar-refractivity contribution in [1.82, 2.24) is 5.32 Å². The summed E-state index contributed by atoms with van der Waals surface area (Å²) in [4.78, 5) is 22.6. The van der Waals surface area contributed by atoms with Gasteiger partial charge in [0, 0.05) is 5.92 Å². The molecule has 1 rings (SSSR count). The predicted molar refractivity (Wildman–Crippen MR) is 51.3 cm³/mol. The van der Waals surface area contributed by atoms with Gasteiger partial charge >= 0.3 is 5.97 Å². The Bertz CT molecular complexity index is 286. The van der Waals surface area contributed by atoms with E-state index < -0.39 is 5.97 Å². The van der Waals surface area contributed by atoms with Gasteiger partial charge in [0.15, 0.2) is 0 Å². The van der Waals surface area contributed by atoms with E-state index in [0.717, 1.165) is 18.4 Å². The van der Waals surface area contributed by atoms with E-state index in [9.17, 15) is 9.59 Å². The van der Waals surface area contributed by atoms with Crippen LogP contribution in [0.1, 0.15) is 26.7 Å². The molecule has 0 atom stereocenters. The third-order valence-corrected chi connectivity index (χ3v) is 2.09. The fourth-order valence-electron chi connectivity index (χ4n) is 1.05. The molecule has 0 unspecified atom stereocenters. The van der Waals surface area contributed by atoms with Crippen LogP contribution in [0.3, 0.4) is 0 Å². The van der Waals surface area contributed by atoms with Crippen LogP contribution in [0.5, 0.6) is 0 Å². The number of carbonyl (C=O) groups is 2. The average molecular weight is 197 g/mol. The molecule has 4 nitrogen and oxygen atoms in total. The molecule has 1 saturated carbocycles. The van der Waals surface area contributed by atoms with Crippen LogP contribution in [0.15, 0.2) is 11.3 Å². The number of amides is 1. The Morgan fingerprint density at radius 1 is 1.29 bits per heavy atom. The van der Waals surface area contributed by atoms with Crippen LogP contribution in [0.25, 0.3) is 0 Å². The highest BCUT2D eigenvalue weighted by atomic mass is 16.5. The van der Waals surface area contributed by atoms with Crippen LogP contribution in [-0.4, -0.2) is 19.0 Å². The minimum Gasteiger partial charge on any atom is -0.464 e. The lowest BCUT2D eigenvalue weighted by atomic mass is 10.2. The number of hydrogen-bond acceptors (Lipinski definition) is 3. The minimum atomic E-state index is -0.487. The highest BCUT2D eigenvalue weighted by Crippen LogP contribution is 2.29. The van der Waals surface area contributed by atoms with Gasteiger partial charge < -0.3 is 10.1 Å². The van der Waals surface area contributed by atoms with Crippen molar-refractivity contribution in [1.29, 1.82) is 0 Å². The molecule has 14 heavy (non-hydrogen) atoms. The molecular formula is C10H15NO3. The van der Waals surface area contributed by atoms with Gasteiger partial charge in [-0.2, -0.15) is 0 Å². The van der Waals surface area contributed by atoms with E-state index in [4.69, 9.17) is 0 Å². The first-order valence-electron chi connectivity index (χ1n) is 4.63. The molecule has 4 heteroatoms. The van der Waals surface area contributed by atoms with E-state index in [2.05, 4.69) is 10.1 Å². The second kappa shape index (κ2) is 4.26. The zero-order chi connectivity index (χ0) is 10.7. The van der Waals surface area contributed by atoms with Crippen LogP contribution in [0, 0.1) is 5.92 Å². The van der Waals surface area contributed by atoms with E-state index >= 15 is 0 Å². The number of ether oxygens (including phenoxy) is 1. The maximum atomic E-state index is 11.4. The molecule has 0 aromatic carbocycles. The van der Waals surface area contributed by atoms with Crippen molar-refractivity contribution in [3.05, 3.63) is 11.3 Å². The van der Waals surface area contributed by atoms with Crippen LogP contribution in [0.2, 0.25) is 0 Å². The molecule has 78 valence electrons. The predicted octanol–water partition coefficient (Wildman–Crippen LogP) is 0.979. The normalized spacial score (nSPS) is 14.5. The molecule has 1 N–H and O–H groups in total. The summed E-state index contributed by atoms with van der Waals surface area (Å²) in [5.74, 6) is -0.473. The van der Waals surface area contributed by atoms with Crippen molar-refractivity contribution in [2.75, 3.05) is 7.11 Å². The van der Waals surface area contributed by atoms with Crippen LogP contribution in [-0.2, 0) is 14.3 Å². The van der Waals surface area contributed by atoms with E-state index in [1.54, 1.807) is 13.8 Å². The molecule has 0 bridgehead atoms. The minimum absolute atomic E-state index is 0.0772. The Morgan fingerprint density at radius 2 is 1.86 bits per heavy atom. The van der Waals surface area contributed by atoms with Gasteiger partial charge in [0.2, 0.25) is 5.91 Å². The van der Waals surface area contributed by atoms with Crippen molar-refractivity contribution < 1.29 is 14.3 Å². The first-order valence-corrected chi connectivity index (χ1v) is 4.63. The lowest BCUT2D eigenvalue weighted by molar-refractivity contribution is -0.138. The summed E-state index contributed by atoms with van der Waals surface area (Å²) in [5, 5.41) is 2.60. The van der Waals surface area contributed by atoms with Gasteiger partial charge in [-0.3, -0.25) is 4.79 Å². The third kappa shape index (κ3) is 2.58. The Morgan fingerprint density at radius 3 is 2.21 bits per heavy atom. The maximum Gasteiger partial charge on any atom is 0.354 e. The monoisotopic (exact) mass is 197 g/mol. The Kier molecular flexibility index (Phi) is 3.28. The fraction of sp³-hybridized carbons (Fsp3) is 0.600. The zero-order valence-corrected chi connectivity index (χ0v) is 8.72. The van der Waals surface area contributed by atoms with Crippen molar-refractivity contribution >= 4 is 11.9 Å². The van der Waals surface area contributed by atoms with Crippen molar-refractivity contribution in [2.45, 2.75) is 26.7 Å². The summed E-state index contributed by atoms with van der Waals surface area (Å²) in [6, 6.07) is 0. The smallest absolute Gasteiger partial charge is 0.354 e. The van der Waals surface area contributed by atoms with E-state index in [1.807, 2.05) is 0 Å². The lowest BCUT2D eigenvalue weighted by Gasteiger charge is -2.08. The Hall–Kier alpha value is -1.32. The third-order valence-electron chi connectivity index (χ3n) is 2.09. The molecule has 0 heterocycles. The molecule has 0 aromatic rings. The van der Waals surface area contributed by atoms with Gasteiger partial charge in [-0.05, 0) is 32.3 Å². The summed E-state index contributed by atoms with van der Waals surface area (Å²) in [6.45, 7) is 3.53. The SMILES string of the molecule is COC(=O)C(NC(=O)C1CC1)=C(C)C. The molecule has 1 amide bonds. The second-order valence-corrected chi connectivity index (χ2v) is 3.63. The van der Waals surface area contributed by atoms with Crippen LogP contribution < -0.4 is 5.32 Å². The molecule has 0 saturated heterocycles. The lowest BCUT2D eigenvalue weighted by Crippen LogP contribution is -2.30. The summed E-state index contributed by atoms with van der Waals surface area (Å²) in [7, 11) is 1.30. The van der Waals surface area contributed by atoms with Gasteiger partial charge in [-0.15, -0.1) is 0 Å². The van der Waals surface area contributed by atoms with Crippen molar-refractivity contribution in [3.63, 3.8) is 0 Å². The quantitative estimate of drug-likeness (QED) is 0.542. The highest BCUT2D eigenvalue weighted by molar-refractivity contribution is 5.95. The van der Waals surface area contributed by atoms with Gasteiger partial charge in [-0.1, -0.05) is 0 Å². The van der Waals surface area contributed by atoms with Crippen molar-refractivity contribution in [3.8, 4) is 0 Å². The standard InChI is InChI=1S/C10H15NO3/c1-6(2)8(10(13)14-3)11-9(12)7-4-5-7/h7H,4-5H2,1-3H3,(H,11,12). The molecule has 1 aliphatic carbocycles. The summed E-state index contributed by atoms with van der Waals surface area (Å²) in [5.41, 5.74) is 1.02. The zero-order valence-electron chi connectivity index (χ0n) is 8.72. The van der Waals surface area contributed by atoms with Crippen LogP contribution >= 0.6 is 0 Å². The van der Waals surface area contributed by atoms with E-state index in [1.165, 1.54) is 7.11 Å². The van der Waals surface area contributed by atoms with E-state index in [-0.39, 0.29) is 17.5 Å². The maximum absolute atomic E-state index is 11.4. The van der Waals surface area contributed by atoms with Crippen LogP contribution in [0.4, 0.5) is 0 Å². The highest BCUT2D eigenvalue weighted by Gasteiger charge is 2.31. The summed E-state index contributed by atoms with van der Waals surface area (Å²) in [6.07, 6.45) is 1.84. The number of hydrogen-bond donors (Lipinski definition) is 1.